The molecule has 0 spiro atoms. The van der Waals surface area contributed by atoms with E-state index in [-0.39, 0.29) is 16.9 Å². The highest BCUT2D eigenvalue weighted by Crippen LogP contribution is 2.49. The molecule has 1 aliphatic carbocycles. The van der Waals surface area contributed by atoms with Gasteiger partial charge in [-0.3, -0.25) is 4.79 Å². The van der Waals surface area contributed by atoms with Crippen LogP contribution in [-0.2, 0) is 5.41 Å². The van der Waals surface area contributed by atoms with Crippen LogP contribution in [0.25, 0.3) is 5.70 Å². The minimum atomic E-state index is -0.509. The number of amidine groups is 1. The van der Waals surface area contributed by atoms with Crippen LogP contribution in [0.3, 0.4) is 0 Å². The molecule has 206 valence electrons. The second-order valence-corrected chi connectivity index (χ2v) is 11.8. The number of rotatable bonds is 10. The van der Waals surface area contributed by atoms with Crippen molar-refractivity contribution < 1.29 is 9.18 Å². The van der Waals surface area contributed by atoms with Gasteiger partial charge in [-0.1, -0.05) is 45.1 Å². The number of carbonyl (C=O) groups is 1. The molecule has 1 aromatic heterocycles. The molecule has 1 aromatic rings. The number of hydrogen-bond acceptors (Lipinski definition) is 4. The van der Waals surface area contributed by atoms with Crippen LogP contribution >= 0.6 is 11.3 Å². The number of hydrogen-bond donors (Lipinski definition) is 1. The number of thiophene rings is 1. The van der Waals surface area contributed by atoms with Crippen LogP contribution in [0, 0.1) is 5.92 Å². The van der Waals surface area contributed by atoms with E-state index in [0.29, 0.717) is 27.9 Å². The summed E-state index contributed by atoms with van der Waals surface area (Å²) in [6.07, 6.45) is 15.2. The van der Waals surface area contributed by atoms with Gasteiger partial charge in [0.1, 0.15) is 17.4 Å². The fraction of sp³-hybridized carbons (Fsp3) is 0.500. The van der Waals surface area contributed by atoms with Crippen molar-refractivity contribution in [3.63, 3.8) is 0 Å². The molecular formula is C32H44FN3OS. The summed E-state index contributed by atoms with van der Waals surface area (Å²) in [4.78, 5) is 21.3. The smallest absolute Gasteiger partial charge is 0.160 e. The second kappa shape index (κ2) is 13.5. The van der Waals surface area contributed by atoms with Gasteiger partial charge in [0.15, 0.2) is 5.78 Å². The number of piperidine rings is 1. The molecule has 0 unspecified atom stereocenters. The first-order valence-electron chi connectivity index (χ1n) is 13.9. The number of Topliss-reactive ketones (excluding diaryl/α,β-unsaturated/α-hetero) is 1. The Balaban J connectivity index is 1.83. The molecule has 1 N–H and O–H groups in total. The van der Waals surface area contributed by atoms with Gasteiger partial charge >= 0.3 is 0 Å². The van der Waals surface area contributed by atoms with E-state index in [4.69, 9.17) is 0 Å². The summed E-state index contributed by atoms with van der Waals surface area (Å²) in [6, 6.07) is 1.82. The van der Waals surface area contributed by atoms with Gasteiger partial charge in [-0.15, -0.1) is 11.3 Å². The van der Waals surface area contributed by atoms with E-state index in [0.717, 1.165) is 62.9 Å². The number of carbonyl (C=O) groups excluding carboxylic acids is 1. The van der Waals surface area contributed by atoms with Crippen molar-refractivity contribution in [3.8, 4) is 0 Å². The maximum absolute atomic E-state index is 15.1. The molecule has 0 radical (unpaired) electrons. The Morgan fingerprint density at radius 2 is 1.92 bits per heavy atom. The van der Waals surface area contributed by atoms with Gasteiger partial charge in [-0.05, 0) is 103 Å². The highest BCUT2D eigenvalue weighted by molar-refractivity contribution is 7.13. The summed E-state index contributed by atoms with van der Waals surface area (Å²) in [5.74, 6) is 0.590. The fourth-order valence-corrected chi connectivity index (χ4v) is 7.27. The van der Waals surface area contributed by atoms with Gasteiger partial charge in [0.25, 0.3) is 0 Å². The normalized spacial score (nSPS) is 20.1. The first-order chi connectivity index (χ1) is 18.1. The first-order valence-corrected chi connectivity index (χ1v) is 14.7. The number of halogens is 1. The summed E-state index contributed by atoms with van der Waals surface area (Å²) < 4.78 is 15.1. The number of ketones is 1. The molecule has 0 atom stereocenters. The summed E-state index contributed by atoms with van der Waals surface area (Å²) in [7, 11) is 2.17. The molecule has 1 aliphatic heterocycles. The monoisotopic (exact) mass is 537 g/mol. The van der Waals surface area contributed by atoms with Crippen molar-refractivity contribution >= 4 is 28.7 Å². The Morgan fingerprint density at radius 3 is 2.47 bits per heavy atom. The number of nitrogens with one attached hydrogen (secondary N) is 1. The number of allylic oxidation sites excluding steroid dienone is 6. The second-order valence-electron chi connectivity index (χ2n) is 10.7. The van der Waals surface area contributed by atoms with Crippen LogP contribution in [0.15, 0.2) is 65.6 Å². The van der Waals surface area contributed by atoms with E-state index in [1.54, 1.807) is 13.8 Å². The summed E-state index contributed by atoms with van der Waals surface area (Å²) in [5.41, 5.74) is 2.89. The predicted molar refractivity (Wildman–Crippen MR) is 161 cm³/mol. The van der Waals surface area contributed by atoms with E-state index >= 15 is 4.39 Å². The molecule has 1 saturated carbocycles. The SMILES string of the molecule is C=C/C(F)=C(\N=C(/C)NC(=C)/C=C\C(=C/C)C1CCN(C)CC1)c1cc(C(C)=O)c(C2(CC)CCCC2)s1. The molecule has 0 aromatic carbocycles. The van der Waals surface area contributed by atoms with E-state index in [9.17, 15) is 4.79 Å². The largest absolute Gasteiger partial charge is 0.344 e. The highest BCUT2D eigenvalue weighted by Gasteiger charge is 2.38. The molecule has 0 bridgehead atoms. The molecule has 2 fully saturated rings. The van der Waals surface area contributed by atoms with Crippen molar-refractivity contribution in [2.24, 2.45) is 10.9 Å². The van der Waals surface area contributed by atoms with Crippen molar-refractivity contribution in [1.82, 2.24) is 10.2 Å². The van der Waals surface area contributed by atoms with Crippen molar-refractivity contribution in [1.29, 1.82) is 0 Å². The van der Waals surface area contributed by atoms with Gasteiger partial charge in [-0.25, -0.2) is 9.38 Å². The van der Waals surface area contributed by atoms with Crippen LogP contribution in [0.4, 0.5) is 4.39 Å². The maximum Gasteiger partial charge on any atom is 0.160 e. The van der Waals surface area contributed by atoms with Gasteiger partial charge in [-0.2, -0.15) is 0 Å². The zero-order chi connectivity index (χ0) is 27.9. The fourth-order valence-electron chi connectivity index (χ4n) is 5.76. The van der Waals surface area contributed by atoms with Crippen molar-refractivity contribution in [3.05, 3.63) is 75.9 Å². The quantitative estimate of drug-likeness (QED) is 0.141. The highest BCUT2D eigenvalue weighted by atomic mass is 32.1. The standard InChI is InChI=1S/C32H44FN3OS/c1-8-25(26-15-19-36(7)20-16-26)14-13-22(4)34-24(6)35-30(28(33)9-2)29-21-27(23(5)37)31(38-29)32(10-3)17-11-12-18-32/h8-9,13-14,21,26H,2,4,10-12,15-20H2,1,3,5-7H3,(H,34,35)/b14-13-,25-8+,30-28+. The molecule has 38 heavy (non-hydrogen) atoms. The van der Waals surface area contributed by atoms with Crippen LogP contribution < -0.4 is 5.32 Å². The Morgan fingerprint density at radius 1 is 1.26 bits per heavy atom. The zero-order valence-electron chi connectivity index (χ0n) is 23.8. The van der Waals surface area contributed by atoms with Crippen LogP contribution in [0.2, 0.25) is 0 Å². The molecular weight excluding hydrogens is 493 g/mol. The topological polar surface area (TPSA) is 44.7 Å². The van der Waals surface area contributed by atoms with E-state index in [2.05, 4.69) is 61.4 Å². The third kappa shape index (κ3) is 7.09. The number of nitrogens with zero attached hydrogens (tertiary/aromatic N) is 2. The average molecular weight is 538 g/mol. The Labute approximate surface area is 232 Å². The van der Waals surface area contributed by atoms with Gasteiger partial charge < -0.3 is 10.2 Å². The minimum absolute atomic E-state index is 0.00593. The molecule has 0 amide bonds. The van der Waals surface area contributed by atoms with Gasteiger partial charge in [0, 0.05) is 21.6 Å². The van der Waals surface area contributed by atoms with Crippen LogP contribution in [0.5, 0.6) is 0 Å². The van der Waals surface area contributed by atoms with E-state index < -0.39 is 5.83 Å². The lowest BCUT2D eigenvalue weighted by Crippen LogP contribution is -2.30. The van der Waals surface area contributed by atoms with Gasteiger partial charge in [0.2, 0.25) is 0 Å². The van der Waals surface area contributed by atoms with Gasteiger partial charge in [0.05, 0.1) is 4.88 Å². The third-order valence-electron chi connectivity index (χ3n) is 8.09. The van der Waals surface area contributed by atoms with Crippen molar-refractivity contribution in [2.75, 3.05) is 20.1 Å². The first kappa shape index (κ1) is 30.0. The third-order valence-corrected chi connectivity index (χ3v) is 9.48. The lowest BCUT2D eigenvalue weighted by molar-refractivity contribution is 0.101. The maximum atomic E-state index is 15.1. The lowest BCUT2D eigenvalue weighted by atomic mass is 9.80. The summed E-state index contributed by atoms with van der Waals surface area (Å²) >= 11 is 1.51. The molecule has 6 heteroatoms. The average Bonchev–Trinajstić information content (AvgIpc) is 3.56. The molecule has 4 nitrogen and oxygen atoms in total. The number of aliphatic imine (C=N–C) groups is 1. The van der Waals surface area contributed by atoms with E-state index in [1.165, 1.54) is 23.0 Å². The van der Waals surface area contributed by atoms with Crippen LogP contribution in [-0.4, -0.2) is 36.7 Å². The Bertz CT molecular complexity index is 1160. The summed E-state index contributed by atoms with van der Waals surface area (Å²) in [6.45, 7) is 17.6. The molecule has 2 aliphatic rings. The molecule has 3 rings (SSSR count). The number of likely N-dealkylation sites (tertiary alicyclic amines) is 1. The molecule has 1 saturated heterocycles. The minimum Gasteiger partial charge on any atom is -0.344 e. The lowest BCUT2D eigenvalue weighted by Gasteiger charge is -2.29. The predicted octanol–water partition coefficient (Wildman–Crippen LogP) is 8.36. The molecule has 2 heterocycles. The van der Waals surface area contributed by atoms with Crippen LogP contribution in [0.1, 0.15) is 92.8 Å². The Hall–Kier alpha value is -2.57. The van der Waals surface area contributed by atoms with E-state index in [1.807, 2.05) is 12.1 Å². The summed E-state index contributed by atoms with van der Waals surface area (Å²) in [5, 5.41) is 3.20. The Kier molecular flexibility index (Phi) is 10.6. The zero-order valence-corrected chi connectivity index (χ0v) is 24.6. The van der Waals surface area contributed by atoms with Crippen molar-refractivity contribution in [2.45, 2.75) is 78.1 Å².